The van der Waals surface area contributed by atoms with Crippen LogP contribution in [0.25, 0.3) is 0 Å². The van der Waals surface area contributed by atoms with Crippen molar-refractivity contribution in [1.82, 2.24) is 0 Å². The molecule has 0 aromatic heterocycles. The fraction of sp³-hybridized carbons (Fsp3) is 0.278. The Kier molecular flexibility index (Phi) is 5.79. The summed E-state index contributed by atoms with van der Waals surface area (Å²) in [6.45, 7) is 3.65. The van der Waals surface area contributed by atoms with Gasteiger partial charge in [-0.1, -0.05) is 24.6 Å². The number of halogens is 1. The third kappa shape index (κ3) is 4.79. The number of nitrogens with zero attached hydrogens (tertiary/aromatic N) is 1. The molecule has 134 valence electrons. The fourth-order valence-corrected chi connectivity index (χ4v) is 3.72. The highest BCUT2D eigenvalue weighted by molar-refractivity contribution is 7.92. The standard InChI is InChI=1S/C18H21FN2O3S/c1-4-17(18(22)20-15-9-5-13(2)6-10-15)21(25(3,23)24)16-11-7-14(19)8-12-16/h5-12,17H,4H2,1-3H3,(H,20,22)/t17-/m1/s1. The summed E-state index contributed by atoms with van der Waals surface area (Å²) in [7, 11) is -3.74. The minimum atomic E-state index is -3.74. The van der Waals surface area contributed by atoms with E-state index in [2.05, 4.69) is 5.32 Å². The van der Waals surface area contributed by atoms with Crippen LogP contribution >= 0.6 is 0 Å². The maximum Gasteiger partial charge on any atom is 0.248 e. The number of sulfonamides is 1. The second-order valence-corrected chi connectivity index (χ2v) is 7.67. The van der Waals surface area contributed by atoms with Gasteiger partial charge in [0, 0.05) is 5.69 Å². The molecule has 1 N–H and O–H groups in total. The van der Waals surface area contributed by atoms with Crippen LogP contribution in [0.4, 0.5) is 15.8 Å². The van der Waals surface area contributed by atoms with Crippen LogP contribution in [0.3, 0.4) is 0 Å². The Morgan fingerprint density at radius 3 is 2.16 bits per heavy atom. The number of aryl methyl sites for hydroxylation is 1. The number of hydrogen-bond acceptors (Lipinski definition) is 3. The summed E-state index contributed by atoms with van der Waals surface area (Å²) in [6.07, 6.45) is 1.29. The minimum absolute atomic E-state index is 0.245. The molecule has 0 aliphatic heterocycles. The highest BCUT2D eigenvalue weighted by atomic mass is 32.2. The topological polar surface area (TPSA) is 66.5 Å². The third-order valence-electron chi connectivity index (χ3n) is 3.73. The molecule has 2 rings (SSSR count). The Morgan fingerprint density at radius 1 is 1.12 bits per heavy atom. The molecule has 0 saturated heterocycles. The molecule has 0 unspecified atom stereocenters. The average Bonchev–Trinajstić information content (AvgIpc) is 2.54. The van der Waals surface area contributed by atoms with Crippen LogP contribution < -0.4 is 9.62 Å². The van der Waals surface area contributed by atoms with E-state index < -0.39 is 27.8 Å². The molecule has 0 aliphatic rings. The number of carbonyl (C=O) groups excluding carboxylic acids is 1. The molecule has 0 bridgehead atoms. The summed E-state index contributed by atoms with van der Waals surface area (Å²) in [5, 5.41) is 2.73. The second kappa shape index (κ2) is 7.65. The fourth-order valence-electron chi connectivity index (χ4n) is 2.51. The summed E-state index contributed by atoms with van der Waals surface area (Å²) < 4.78 is 38.7. The molecule has 0 fully saturated rings. The van der Waals surface area contributed by atoms with Crippen molar-refractivity contribution in [2.24, 2.45) is 0 Å². The van der Waals surface area contributed by atoms with Crippen molar-refractivity contribution < 1.29 is 17.6 Å². The maximum atomic E-state index is 13.2. The van der Waals surface area contributed by atoms with E-state index in [-0.39, 0.29) is 12.1 Å². The Balaban J connectivity index is 2.34. The van der Waals surface area contributed by atoms with Gasteiger partial charge in [0.15, 0.2) is 0 Å². The van der Waals surface area contributed by atoms with E-state index in [1.165, 1.54) is 12.1 Å². The molecular weight excluding hydrogens is 343 g/mol. The minimum Gasteiger partial charge on any atom is -0.324 e. The number of amides is 1. The first kappa shape index (κ1) is 18.9. The van der Waals surface area contributed by atoms with Gasteiger partial charge in [0.05, 0.1) is 11.9 Å². The first-order valence-corrected chi connectivity index (χ1v) is 9.69. The molecule has 1 atom stereocenters. The van der Waals surface area contributed by atoms with Gasteiger partial charge in [-0.2, -0.15) is 0 Å². The lowest BCUT2D eigenvalue weighted by Gasteiger charge is -2.30. The molecular formula is C18H21FN2O3S. The van der Waals surface area contributed by atoms with E-state index >= 15 is 0 Å². The third-order valence-corrected chi connectivity index (χ3v) is 4.91. The summed E-state index contributed by atoms with van der Waals surface area (Å²) >= 11 is 0. The zero-order valence-electron chi connectivity index (χ0n) is 14.4. The summed E-state index contributed by atoms with van der Waals surface area (Å²) in [5.74, 6) is -0.921. The molecule has 7 heteroatoms. The maximum absolute atomic E-state index is 13.2. The molecule has 2 aromatic rings. The number of rotatable bonds is 6. The molecule has 0 radical (unpaired) electrons. The number of carbonyl (C=O) groups is 1. The zero-order valence-corrected chi connectivity index (χ0v) is 15.2. The molecule has 0 heterocycles. The van der Waals surface area contributed by atoms with Gasteiger partial charge in [-0.05, 0) is 49.7 Å². The van der Waals surface area contributed by atoms with Crippen LogP contribution in [0.5, 0.6) is 0 Å². The van der Waals surface area contributed by atoms with Crippen molar-refractivity contribution in [1.29, 1.82) is 0 Å². The van der Waals surface area contributed by atoms with Gasteiger partial charge in [0.25, 0.3) is 0 Å². The molecule has 25 heavy (non-hydrogen) atoms. The monoisotopic (exact) mass is 364 g/mol. The number of benzene rings is 2. The Hall–Kier alpha value is -2.41. The van der Waals surface area contributed by atoms with E-state index in [4.69, 9.17) is 0 Å². The Morgan fingerprint density at radius 2 is 1.68 bits per heavy atom. The smallest absolute Gasteiger partial charge is 0.248 e. The van der Waals surface area contributed by atoms with Crippen molar-refractivity contribution in [2.45, 2.75) is 26.3 Å². The van der Waals surface area contributed by atoms with Gasteiger partial charge in [-0.15, -0.1) is 0 Å². The lowest BCUT2D eigenvalue weighted by Crippen LogP contribution is -2.47. The highest BCUT2D eigenvalue weighted by Crippen LogP contribution is 2.23. The number of hydrogen-bond donors (Lipinski definition) is 1. The van der Waals surface area contributed by atoms with E-state index in [0.29, 0.717) is 5.69 Å². The second-order valence-electron chi connectivity index (χ2n) is 5.81. The van der Waals surface area contributed by atoms with Crippen molar-refractivity contribution in [3.8, 4) is 0 Å². The van der Waals surface area contributed by atoms with Crippen molar-refractivity contribution in [3.63, 3.8) is 0 Å². The molecule has 5 nitrogen and oxygen atoms in total. The van der Waals surface area contributed by atoms with Gasteiger partial charge >= 0.3 is 0 Å². The van der Waals surface area contributed by atoms with Gasteiger partial charge in [0.1, 0.15) is 11.9 Å². The van der Waals surface area contributed by atoms with Crippen LogP contribution in [0.15, 0.2) is 48.5 Å². The predicted octanol–water partition coefficient (Wildman–Crippen LogP) is 3.32. The van der Waals surface area contributed by atoms with E-state index in [9.17, 15) is 17.6 Å². The first-order valence-electron chi connectivity index (χ1n) is 7.85. The van der Waals surface area contributed by atoms with Gasteiger partial charge < -0.3 is 5.32 Å². The molecule has 2 aromatic carbocycles. The normalized spacial score (nSPS) is 12.5. The van der Waals surface area contributed by atoms with Crippen LogP contribution in [0.1, 0.15) is 18.9 Å². The molecule has 0 spiro atoms. The first-order chi connectivity index (χ1) is 11.7. The van der Waals surface area contributed by atoms with Crippen LogP contribution in [0.2, 0.25) is 0 Å². The summed E-state index contributed by atoms with van der Waals surface area (Å²) in [6, 6.07) is 11.3. The SMILES string of the molecule is CC[C@H](C(=O)Nc1ccc(C)cc1)N(c1ccc(F)cc1)S(C)(=O)=O. The summed E-state index contributed by atoms with van der Waals surface area (Å²) in [5.41, 5.74) is 1.88. The Labute approximate surface area is 147 Å². The number of nitrogens with one attached hydrogen (secondary N) is 1. The van der Waals surface area contributed by atoms with Crippen molar-refractivity contribution >= 4 is 27.3 Å². The lowest BCUT2D eigenvalue weighted by molar-refractivity contribution is -0.117. The zero-order chi connectivity index (χ0) is 18.6. The molecule has 0 saturated carbocycles. The van der Waals surface area contributed by atoms with Crippen LogP contribution in [-0.2, 0) is 14.8 Å². The lowest BCUT2D eigenvalue weighted by atomic mass is 10.1. The molecule has 1 amide bonds. The Bertz CT molecular complexity index is 834. The largest absolute Gasteiger partial charge is 0.324 e. The quantitative estimate of drug-likeness (QED) is 0.855. The van der Waals surface area contributed by atoms with Gasteiger partial charge in [-0.25, -0.2) is 12.8 Å². The van der Waals surface area contributed by atoms with Gasteiger partial charge in [-0.3, -0.25) is 9.10 Å². The van der Waals surface area contributed by atoms with E-state index in [1.54, 1.807) is 19.1 Å². The predicted molar refractivity (Wildman–Crippen MR) is 97.6 cm³/mol. The van der Waals surface area contributed by atoms with Gasteiger partial charge in [0.2, 0.25) is 15.9 Å². The van der Waals surface area contributed by atoms with Crippen molar-refractivity contribution in [3.05, 3.63) is 59.9 Å². The van der Waals surface area contributed by atoms with E-state index in [0.717, 1.165) is 28.3 Å². The van der Waals surface area contributed by atoms with Crippen LogP contribution in [0, 0.1) is 12.7 Å². The highest BCUT2D eigenvalue weighted by Gasteiger charge is 2.31. The number of anilines is 2. The van der Waals surface area contributed by atoms with Crippen LogP contribution in [-0.4, -0.2) is 26.6 Å². The molecule has 0 aliphatic carbocycles. The summed E-state index contributed by atoms with van der Waals surface area (Å²) in [4.78, 5) is 12.7. The van der Waals surface area contributed by atoms with Crippen molar-refractivity contribution in [2.75, 3.05) is 15.9 Å². The van der Waals surface area contributed by atoms with E-state index in [1.807, 2.05) is 19.1 Å². The average molecular weight is 364 g/mol.